The van der Waals surface area contributed by atoms with Crippen LogP contribution >= 0.6 is 0 Å². The topological polar surface area (TPSA) is 84.0 Å². The van der Waals surface area contributed by atoms with Crippen molar-refractivity contribution in [3.8, 4) is 0 Å². The SMILES string of the molecule is CCCCCCN(CCC(=O)OC)C(=O)C(C)N1C(=O)c2ccccc2C1=O. The number of imide groups is 1. The van der Waals surface area contributed by atoms with Crippen molar-refractivity contribution in [2.24, 2.45) is 0 Å². The quantitative estimate of drug-likeness (QED) is 0.349. The highest BCUT2D eigenvalue weighted by Gasteiger charge is 2.41. The molecule has 2 rings (SSSR count). The van der Waals surface area contributed by atoms with Crippen LogP contribution in [0.1, 0.15) is 66.7 Å². The molecule has 1 unspecified atom stereocenters. The number of benzene rings is 1. The summed E-state index contributed by atoms with van der Waals surface area (Å²) >= 11 is 0. The van der Waals surface area contributed by atoms with Crippen LogP contribution in [0.5, 0.6) is 0 Å². The van der Waals surface area contributed by atoms with E-state index in [9.17, 15) is 19.2 Å². The number of ether oxygens (including phenoxy) is 1. The molecule has 0 N–H and O–H groups in total. The molecular formula is C21H28N2O5. The van der Waals surface area contributed by atoms with Crippen molar-refractivity contribution in [2.75, 3.05) is 20.2 Å². The van der Waals surface area contributed by atoms with E-state index in [0.717, 1.165) is 30.6 Å². The van der Waals surface area contributed by atoms with Gasteiger partial charge in [0.1, 0.15) is 6.04 Å². The molecule has 0 saturated heterocycles. The summed E-state index contributed by atoms with van der Waals surface area (Å²) in [6, 6.07) is 5.63. The Balaban J connectivity index is 2.12. The van der Waals surface area contributed by atoms with Crippen molar-refractivity contribution < 1.29 is 23.9 Å². The molecule has 1 heterocycles. The Bertz CT molecular complexity index is 711. The van der Waals surface area contributed by atoms with E-state index >= 15 is 0 Å². The Morgan fingerprint density at radius 3 is 2.18 bits per heavy atom. The molecule has 0 aromatic heterocycles. The number of carbonyl (C=O) groups is 4. The summed E-state index contributed by atoms with van der Waals surface area (Å²) in [6.07, 6.45) is 3.98. The highest BCUT2D eigenvalue weighted by atomic mass is 16.5. The molecule has 7 nitrogen and oxygen atoms in total. The smallest absolute Gasteiger partial charge is 0.307 e. The molecule has 1 atom stereocenters. The summed E-state index contributed by atoms with van der Waals surface area (Å²) in [6.45, 7) is 4.33. The van der Waals surface area contributed by atoms with Crippen LogP contribution in [-0.4, -0.2) is 59.7 Å². The highest BCUT2D eigenvalue weighted by Crippen LogP contribution is 2.25. The van der Waals surface area contributed by atoms with Gasteiger partial charge in [0.05, 0.1) is 24.7 Å². The molecule has 28 heavy (non-hydrogen) atoms. The Kier molecular flexibility index (Phi) is 7.72. The first kappa shape index (κ1) is 21.6. The van der Waals surface area contributed by atoms with Gasteiger partial charge in [-0.2, -0.15) is 0 Å². The van der Waals surface area contributed by atoms with Crippen LogP contribution < -0.4 is 0 Å². The second-order valence-electron chi connectivity index (χ2n) is 6.91. The van der Waals surface area contributed by atoms with E-state index in [4.69, 9.17) is 0 Å². The highest BCUT2D eigenvalue weighted by molar-refractivity contribution is 6.22. The molecule has 1 aromatic carbocycles. The summed E-state index contributed by atoms with van der Waals surface area (Å²) in [4.78, 5) is 52.4. The second kappa shape index (κ2) is 10.0. The van der Waals surface area contributed by atoms with E-state index in [0.29, 0.717) is 17.7 Å². The monoisotopic (exact) mass is 388 g/mol. The number of methoxy groups -OCH3 is 1. The molecule has 1 aliphatic heterocycles. The molecular weight excluding hydrogens is 360 g/mol. The molecule has 152 valence electrons. The summed E-state index contributed by atoms with van der Waals surface area (Å²) in [5, 5.41) is 0. The van der Waals surface area contributed by atoms with Gasteiger partial charge in [0.2, 0.25) is 5.91 Å². The molecule has 0 aliphatic carbocycles. The lowest BCUT2D eigenvalue weighted by atomic mass is 10.1. The van der Waals surface area contributed by atoms with Crippen molar-refractivity contribution in [1.82, 2.24) is 9.80 Å². The number of carbonyl (C=O) groups excluding carboxylic acids is 4. The minimum Gasteiger partial charge on any atom is -0.469 e. The van der Waals surface area contributed by atoms with Crippen molar-refractivity contribution in [3.05, 3.63) is 35.4 Å². The third kappa shape index (κ3) is 4.77. The Labute approximate surface area is 165 Å². The lowest BCUT2D eigenvalue weighted by Crippen LogP contribution is -2.50. The van der Waals surface area contributed by atoms with Crippen molar-refractivity contribution in [1.29, 1.82) is 0 Å². The van der Waals surface area contributed by atoms with Gasteiger partial charge in [0, 0.05) is 13.1 Å². The van der Waals surface area contributed by atoms with Gasteiger partial charge in [0.25, 0.3) is 11.8 Å². The minimum absolute atomic E-state index is 0.0743. The lowest BCUT2D eigenvalue weighted by Gasteiger charge is -2.29. The van der Waals surface area contributed by atoms with Crippen LogP contribution in [0.15, 0.2) is 24.3 Å². The summed E-state index contributed by atoms with van der Waals surface area (Å²) in [7, 11) is 1.30. The maximum Gasteiger partial charge on any atom is 0.307 e. The average molecular weight is 388 g/mol. The van der Waals surface area contributed by atoms with E-state index in [1.54, 1.807) is 36.1 Å². The van der Waals surface area contributed by atoms with Gasteiger partial charge in [-0.25, -0.2) is 0 Å². The van der Waals surface area contributed by atoms with Gasteiger partial charge >= 0.3 is 5.97 Å². The normalized spacial score (nSPS) is 14.0. The zero-order valence-electron chi connectivity index (χ0n) is 16.8. The van der Waals surface area contributed by atoms with Crippen LogP contribution in [0.3, 0.4) is 0 Å². The number of unbranched alkanes of at least 4 members (excludes halogenated alkanes) is 3. The van der Waals surface area contributed by atoms with Crippen LogP contribution in [0.25, 0.3) is 0 Å². The Morgan fingerprint density at radius 1 is 1.04 bits per heavy atom. The Hall–Kier alpha value is -2.70. The molecule has 1 aromatic rings. The number of hydrogen-bond donors (Lipinski definition) is 0. The van der Waals surface area contributed by atoms with E-state index in [1.165, 1.54) is 7.11 Å². The zero-order valence-corrected chi connectivity index (χ0v) is 16.8. The molecule has 7 heteroatoms. The third-order valence-corrected chi connectivity index (χ3v) is 4.98. The van der Waals surface area contributed by atoms with Crippen LogP contribution in [0.2, 0.25) is 0 Å². The second-order valence-corrected chi connectivity index (χ2v) is 6.91. The number of hydrogen-bond acceptors (Lipinski definition) is 5. The van der Waals surface area contributed by atoms with E-state index in [-0.39, 0.29) is 18.9 Å². The van der Waals surface area contributed by atoms with Gasteiger partial charge in [-0.15, -0.1) is 0 Å². The van der Waals surface area contributed by atoms with Gasteiger partial charge in [-0.05, 0) is 25.5 Å². The molecule has 3 amide bonds. The average Bonchev–Trinajstić information content (AvgIpc) is 2.96. The van der Waals surface area contributed by atoms with Gasteiger partial charge in [-0.1, -0.05) is 38.3 Å². The van der Waals surface area contributed by atoms with Gasteiger partial charge < -0.3 is 9.64 Å². The minimum atomic E-state index is -0.934. The summed E-state index contributed by atoms with van der Waals surface area (Å²) in [5.41, 5.74) is 0.632. The fourth-order valence-electron chi connectivity index (χ4n) is 3.32. The first-order valence-corrected chi connectivity index (χ1v) is 9.74. The third-order valence-electron chi connectivity index (χ3n) is 4.98. The van der Waals surface area contributed by atoms with Crippen LogP contribution in [-0.2, 0) is 14.3 Å². The first-order chi connectivity index (χ1) is 13.4. The summed E-state index contributed by atoms with van der Waals surface area (Å²) in [5.74, 6) is -1.66. The van der Waals surface area contributed by atoms with Gasteiger partial charge in [0.15, 0.2) is 0 Å². The fourth-order valence-corrected chi connectivity index (χ4v) is 3.32. The molecule has 0 saturated carbocycles. The maximum atomic E-state index is 13.1. The first-order valence-electron chi connectivity index (χ1n) is 9.74. The standard InChI is InChI=1S/C21H28N2O5/c1-4-5-6-9-13-22(14-12-18(24)28-3)19(25)15(2)23-20(26)16-10-7-8-11-17(16)21(23)27/h7-8,10-11,15H,4-6,9,12-14H2,1-3H3. The molecule has 0 radical (unpaired) electrons. The number of nitrogens with zero attached hydrogens (tertiary/aromatic N) is 2. The van der Waals surface area contributed by atoms with Crippen LogP contribution in [0, 0.1) is 0 Å². The van der Waals surface area contributed by atoms with Crippen molar-refractivity contribution in [3.63, 3.8) is 0 Å². The maximum absolute atomic E-state index is 13.1. The van der Waals surface area contributed by atoms with Crippen LogP contribution in [0.4, 0.5) is 0 Å². The van der Waals surface area contributed by atoms with E-state index < -0.39 is 23.8 Å². The predicted molar refractivity (Wildman–Crippen MR) is 104 cm³/mol. The largest absolute Gasteiger partial charge is 0.469 e. The fraction of sp³-hybridized carbons (Fsp3) is 0.524. The van der Waals surface area contributed by atoms with E-state index in [1.807, 2.05) is 0 Å². The number of esters is 1. The Morgan fingerprint density at radius 2 is 1.64 bits per heavy atom. The van der Waals surface area contributed by atoms with Crippen molar-refractivity contribution in [2.45, 2.75) is 52.0 Å². The number of amides is 3. The van der Waals surface area contributed by atoms with Crippen molar-refractivity contribution >= 4 is 23.7 Å². The van der Waals surface area contributed by atoms with Gasteiger partial charge in [-0.3, -0.25) is 24.1 Å². The lowest BCUT2D eigenvalue weighted by molar-refractivity contribution is -0.142. The molecule has 0 spiro atoms. The number of rotatable bonds is 10. The zero-order chi connectivity index (χ0) is 20.7. The summed E-state index contributed by atoms with van der Waals surface area (Å²) < 4.78 is 4.66. The predicted octanol–water partition coefficient (Wildman–Crippen LogP) is 2.64. The van der Waals surface area contributed by atoms with E-state index in [2.05, 4.69) is 11.7 Å². The molecule has 0 bridgehead atoms. The molecule has 1 aliphatic rings. The molecule has 0 fully saturated rings. The number of fused-ring (bicyclic) bond motifs is 1.